The van der Waals surface area contributed by atoms with Crippen LogP contribution in [-0.2, 0) is 0 Å². The minimum Gasteiger partial charge on any atom is -0.294 e. The molecule has 0 fully saturated rings. The first-order valence-corrected chi connectivity index (χ1v) is 4.39. The molecule has 0 saturated heterocycles. The molecule has 0 radical (unpaired) electrons. The predicted molar refractivity (Wildman–Crippen MR) is 55.9 cm³/mol. The van der Waals surface area contributed by atoms with Crippen molar-refractivity contribution in [3.8, 4) is 0 Å². The molecule has 1 nitrogen and oxygen atoms in total. The lowest BCUT2D eigenvalue weighted by Gasteiger charge is -2.03. The number of carbonyl (C=O) groups excluding carboxylic acids is 1. The van der Waals surface area contributed by atoms with Gasteiger partial charge in [0.1, 0.15) is 0 Å². The number of ketones is 1. The van der Waals surface area contributed by atoms with E-state index in [1.807, 2.05) is 44.2 Å². The molecule has 0 aromatic heterocycles. The lowest BCUT2D eigenvalue weighted by atomic mass is 10.0. The second-order valence-corrected chi connectivity index (χ2v) is 3.15. The standard InChI is InChI=1S/C12H14O/c1-4-5-11-7-6-9(2)8-12(11)10(3)13/h4-8H,1-3H3/b5-4+. The average Bonchev–Trinajstić information content (AvgIpc) is 2.08. The molecular weight excluding hydrogens is 160 g/mol. The second kappa shape index (κ2) is 4.04. The smallest absolute Gasteiger partial charge is 0.160 e. The fourth-order valence-corrected chi connectivity index (χ4v) is 1.30. The van der Waals surface area contributed by atoms with E-state index in [1.165, 1.54) is 0 Å². The van der Waals surface area contributed by atoms with Crippen LogP contribution < -0.4 is 0 Å². The van der Waals surface area contributed by atoms with E-state index in [0.717, 1.165) is 16.7 Å². The monoisotopic (exact) mass is 174 g/mol. The molecule has 0 aliphatic rings. The van der Waals surface area contributed by atoms with Gasteiger partial charge >= 0.3 is 0 Å². The molecule has 0 N–H and O–H groups in total. The lowest BCUT2D eigenvalue weighted by Crippen LogP contribution is -1.96. The van der Waals surface area contributed by atoms with Crippen LogP contribution in [0.4, 0.5) is 0 Å². The zero-order chi connectivity index (χ0) is 9.84. The van der Waals surface area contributed by atoms with Crippen LogP contribution in [0, 0.1) is 6.92 Å². The van der Waals surface area contributed by atoms with Crippen LogP contribution >= 0.6 is 0 Å². The molecule has 1 aromatic carbocycles. The quantitative estimate of drug-likeness (QED) is 0.629. The molecular formula is C12H14O. The highest BCUT2D eigenvalue weighted by molar-refractivity contribution is 5.97. The van der Waals surface area contributed by atoms with Crippen LogP contribution in [0.25, 0.3) is 6.08 Å². The van der Waals surface area contributed by atoms with E-state index in [-0.39, 0.29) is 5.78 Å². The van der Waals surface area contributed by atoms with Gasteiger partial charge in [-0.2, -0.15) is 0 Å². The van der Waals surface area contributed by atoms with Crippen LogP contribution in [0.5, 0.6) is 0 Å². The Balaban J connectivity index is 3.26. The molecule has 0 saturated carbocycles. The summed E-state index contributed by atoms with van der Waals surface area (Å²) in [6.45, 7) is 5.54. The first-order valence-electron chi connectivity index (χ1n) is 4.39. The summed E-state index contributed by atoms with van der Waals surface area (Å²) >= 11 is 0. The van der Waals surface area contributed by atoms with E-state index in [4.69, 9.17) is 0 Å². The Kier molecular flexibility index (Phi) is 3.02. The summed E-state index contributed by atoms with van der Waals surface area (Å²) in [5, 5.41) is 0. The van der Waals surface area contributed by atoms with Crippen molar-refractivity contribution in [1.82, 2.24) is 0 Å². The Labute approximate surface area is 79.1 Å². The summed E-state index contributed by atoms with van der Waals surface area (Å²) in [7, 11) is 0. The third-order valence-electron chi connectivity index (χ3n) is 1.93. The maximum atomic E-state index is 11.3. The molecule has 0 amide bonds. The van der Waals surface area contributed by atoms with Crippen molar-refractivity contribution in [2.75, 3.05) is 0 Å². The van der Waals surface area contributed by atoms with Gasteiger partial charge in [0.25, 0.3) is 0 Å². The Morgan fingerprint density at radius 3 is 2.62 bits per heavy atom. The zero-order valence-corrected chi connectivity index (χ0v) is 8.29. The van der Waals surface area contributed by atoms with Gasteiger partial charge in [0, 0.05) is 5.56 Å². The number of allylic oxidation sites excluding steroid dienone is 1. The molecule has 68 valence electrons. The molecule has 0 bridgehead atoms. The topological polar surface area (TPSA) is 17.1 Å². The first-order chi connectivity index (χ1) is 6.15. The fraction of sp³-hybridized carbons (Fsp3) is 0.250. The highest BCUT2D eigenvalue weighted by atomic mass is 16.1. The fourth-order valence-electron chi connectivity index (χ4n) is 1.30. The van der Waals surface area contributed by atoms with Gasteiger partial charge in [0.15, 0.2) is 5.78 Å². The minimum atomic E-state index is 0.122. The number of rotatable bonds is 2. The molecule has 1 aromatic rings. The van der Waals surface area contributed by atoms with Gasteiger partial charge < -0.3 is 0 Å². The van der Waals surface area contributed by atoms with Crippen molar-refractivity contribution in [2.24, 2.45) is 0 Å². The van der Waals surface area contributed by atoms with Gasteiger partial charge in [0.05, 0.1) is 0 Å². The number of hydrogen-bond acceptors (Lipinski definition) is 1. The highest BCUT2D eigenvalue weighted by Crippen LogP contribution is 2.13. The van der Waals surface area contributed by atoms with Crippen LogP contribution in [0.1, 0.15) is 35.3 Å². The predicted octanol–water partition coefficient (Wildman–Crippen LogP) is 3.23. The van der Waals surface area contributed by atoms with Crippen molar-refractivity contribution in [3.05, 3.63) is 41.0 Å². The number of benzene rings is 1. The molecule has 0 atom stereocenters. The largest absolute Gasteiger partial charge is 0.294 e. The summed E-state index contributed by atoms with van der Waals surface area (Å²) in [4.78, 5) is 11.3. The number of carbonyl (C=O) groups is 1. The second-order valence-electron chi connectivity index (χ2n) is 3.15. The van der Waals surface area contributed by atoms with Crippen LogP contribution in [0.3, 0.4) is 0 Å². The first kappa shape index (κ1) is 9.72. The van der Waals surface area contributed by atoms with E-state index in [1.54, 1.807) is 6.92 Å². The number of Topliss-reactive ketones (excluding diaryl/α,β-unsaturated/α-hetero) is 1. The molecule has 13 heavy (non-hydrogen) atoms. The summed E-state index contributed by atoms with van der Waals surface area (Å²) in [6.07, 6.45) is 3.90. The SMILES string of the molecule is C/C=C/c1ccc(C)cc1C(C)=O. The van der Waals surface area contributed by atoms with E-state index < -0.39 is 0 Å². The van der Waals surface area contributed by atoms with Gasteiger partial charge in [-0.15, -0.1) is 0 Å². The molecule has 1 rings (SSSR count). The third kappa shape index (κ3) is 2.28. The molecule has 0 heterocycles. The van der Waals surface area contributed by atoms with E-state index in [0.29, 0.717) is 0 Å². The Hall–Kier alpha value is -1.37. The molecule has 0 aliphatic carbocycles. The number of aryl methyl sites for hydroxylation is 1. The summed E-state index contributed by atoms with van der Waals surface area (Å²) in [6, 6.07) is 5.92. The van der Waals surface area contributed by atoms with E-state index in [9.17, 15) is 4.79 Å². The van der Waals surface area contributed by atoms with Gasteiger partial charge in [-0.05, 0) is 32.4 Å². The lowest BCUT2D eigenvalue weighted by molar-refractivity contribution is 0.101. The van der Waals surface area contributed by atoms with Gasteiger partial charge in [0.2, 0.25) is 0 Å². The molecule has 0 unspecified atom stereocenters. The summed E-state index contributed by atoms with van der Waals surface area (Å²) in [5.74, 6) is 0.122. The van der Waals surface area contributed by atoms with E-state index in [2.05, 4.69) is 0 Å². The van der Waals surface area contributed by atoms with Crippen molar-refractivity contribution >= 4 is 11.9 Å². The Bertz CT molecular complexity index is 348. The van der Waals surface area contributed by atoms with Crippen molar-refractivity contribution in [3.63, 3.8) is 0 Å². The van der Waals surface area contributed by atoms with Gasteiger partial charge in [-0.3, -0.25) is 4.79 Å². The maximum Gasteiger partial charge on any atom is 0.160 e. The van der Waals surface area contributed by atoms with Crippen LogP contribution in [0.15, 0.2) is 24.3 Å². The van der Waals surface area contributed by atoms with Gasteiger partial charge in [-0.25, -0.2) is 0 Å². The Morgan fingerprint density at radius 1 is 1.38 bits per heavy atom. The normalized spacial score (nSPS) is 10.7. The molecule has 0 aliphatic heterocycles. The van der Waals surface area contributed by atoms with Crippen molar-refractivity contribution in [2.45, 2.75) is 20.8 Å². The minimum absolute atomic E-state index is 0.122. The van der Waals surface area contributed by atoms with Crippen LogP contribution in [0.2, 0.25) is 0 Å². The zero-order valence-electron chi connectivity index (χ0n) is 8.29. The highest BCUT2D eigenvalue weighted by Gasteiger charge is 2.03. The summed E-state index contributed by atoms with van der Waals surface area (Å²) in [5.41, 5.74) is 2.93. The number of hydrogen-bond donors (Lipinski definition) is 0. The maximum absolute atomic E-state index is 11.3. The Morgan fingerprint density at radius 2 is 2.08 bits per heavy atom. The third-order valence-corrected chi connectivity index (χ3v) is 1.93. The van der Waals surface area contributed by atoms with E-state index >= 15 is 0 Å². The average molecular weight is 174 g/mol. The molecule has 1 heteroatoms. The molecule has 0 spiro atoms. The summed E-state index contributed by atoms with van der Waals surface area (Å²) < 4.78 is 0. The van der Waals surface area contributed by atoms with Crippen molar-refractivity contribution in [1.29, 1.82) is 0 Å². The van der Waals surface area contributed by atoms with Crippen LogP contribution in [-0.4, -0.2) is 5.78 Å². The van der Waals surface area contributed by atoms with Crippen molar-refractivity contribution < 1.29 is 4.79 Å². The van der Waals surface area contributed by atoms with Gasteiger partial charge in [-0.1, -0.05) is 29.8 Å².